The summed E-state index contributed by atoms with van der Waals surface area (Å²) in [5, 5.41) is 6.29. The van der Waals surface area contributed by atoms with Crippen molar-refractivity contribution in [2.24, 2.45) is 9.98 Å². The number of amides is 2. The lowest BCUT2D eigenvalue weighted by atomic mass is 9.97. The molecule has 3 aromatic heterocycles. The molecule has 302 valence electrons. The van der Waals surface area contributed by atoms with Gasteiger partial charge in [0.15, 0.2) is 5.84 Å². The summed E-state index contributed by atoms with van der Waals surface area (Å²) in [7, 11) is 0. The summed E-state index contributed by atoms with van der Waals surface area (Å²) in [4.78, 5) is 62.0. The van der Waals surface area contributed by atoms with Gasteiger partial charge in [-0.3, -0.25) is 19.6 Å². The van der Waals surface area contributed by atoms with E-state index in [2.05, 4.69) is 15.6 Å². The van der Waals surface area contributed by atoms with E-state index in [0.717, 1.165) is 33.3 Å². The van der Waals surface area contributed by atoms with Gasteiger partial charge in [-0.1, -0.05) is 121 Å². The maximum absolute atomic E-state index is 14.2. The summed E-state index contributed by atoms with van der Waals surface area (Å²) in [5.74, 6) is 0.644. The lowest BCUT2D eigenvalue weighted by Gasteiger charge is -2.12. The molecule has 10 rings (SSSR count). The summed E-state index contributed by atoms with van der Waals surface area (Å²) >= 11 is 0. The van der Waals surface area contributed by atoms with Gasteiger partial charge in [0, 0.05) is 22.3 Å². The van der Waals surface area contributed by atoms with Crippen LogP contribution in [0, 0.1) is 13.8 Å². The van der Waals surface area contributed by atoms with E-state index in [4.69, 9.17) is 29.9 Å². The van der Waals surface area contributed by atoms with Crippen molar-refractivity contribution in [2.75, 3.05) is 5.32 Å². The van der Waals surface area contributed by atoms with Crippen LogP contribution in [0.4, 0.5) is 11.6 Å². The first-order chi connectivity index (χ1) is 30.9. The van der Waals surface area contributed by atoms with E-state index in [1.54, 1.807) is 24.5 Å². The third-order valence-electron chi connectivity index (χ3n) is 10.9. The summed E-state index contributed by atoms with van der Waals surface area (Å²) in [6.45, 7) is 3.79. The van der Waals surface area contributed by atoms with Crippen molar-refractivity contribution in [3.63, 3.8) is 0 Å². The molecule has 0 radical (unpaired) electrons. The first-order valence-electron chi connectivity index (χ1n) is 20.4. The minimum Gasteiger partial charge on any atom is -0.325 e. The molecule has 11 heteroatoms. The first-order valence-corrected chi connectivity index (χ1v) is 20.4. The fourth-order valence-corrected chi connectivity index (χ4v) is 7.83. The summed E-state index contributed by atoms with van der Waals surface area (Å²) < 4.78 is 0. The minimum atomic E-state index is -0.338. The molecular weight excluding hydrogens is 783 g/mol. The lowest BCUT2D eigenvalue weighted by Crippen LogP contribution is -2.31. The molecule has 6 aromatic carbocycles. The topological polar surface area (TPSA) is 150 Å². The molecule has 0 spiro atoms. The molecule has 0 atom stereocenters. The second-order valence-electron chi connectivity index (χ2n) is 15.0. The van der Waals surface area contributed by atoms with Crippen molar-refractivity contribution in [1.82, 2.24) is 30.2 Å². The number of aryl methyl sites for hydroxylation is 2. The van der Waals surface area contributed by atoms with Gasteiger partial charge in [0.25, 0.3) is 11.8 Å². The second-order valence-corrected chi connectivity index (χ2v) is 15.0. The van der Waals surface area contributed by atoms with Crippen LogP contribution >= 0.6 is 0 Å². The number of hydrogen-bond acceptors (Lipinski definition) is 7. The van der Waals surface area contributed by atoms with E-state index in [9.17, 15) is 9.59 Å². The SMILES string of the molecule is Cc1ccccc1C(=O)NC1=NC(=Nc2[nH]c(NC(=O)c3ccccc3C)c(-c3cnc4ccccc4n3)c2-c2ccccc2)C(c2ccccc2)=C1c1cnc2ccccc2n1. The number of nitrogens with zero attached hydrogens (tertiary/aromatic N) is 6. The number of H-pyrrole nitrogens is 1. The molecular formula is C52H37N9O2. The van der Waals surface area contributed by atoms with Crippen molar-refractivity contribution < 1.29 is 9.59 Å². The molecule has 0 fully saturated rings. The van der Waals surface area contributed by atoms with Crippen molar-refractivity contribution in [2.45, 2.75) is 13.8 Å². The number of hydrogen-bond donors (Lipinski definition) is 3. The maximum atomic E-state index is 14.2. The van der Waals surface area contributed by atoms with Crippen LogP contribution in [-0.4, -0.2) is 48.4 Å². The molecule has 0 saturated heterocycles. The Bertz CT molecular complexity index is 3350. The van der Waals surface area contributed by atoms with Gasteiger partial charge in [0.05, 0.1) is 57.0 Å². The normalized spacial score (nSPS) is 13.1. The number of para-hydroxylation sites is 4. The molecule has 0 aliphatic carbocycles. The Balaban J connectivity index is 1.24. The quantitative estimate of drug-likeness (QED) is 0.139. The number of aromatic amines is 1. The van der Waals surface area contributed by atoms with E-state index in [1.807, 2.05) is 159 Å². The Kier molecular flexibility index (Phi) is 10.0. The van der Waals surface area contributed by atoms with Crippen molar-refractivity contribution >= 4 is 68.3 Å². The number of fused-ring (bicyclic) bond motifs is 2. The molecule has 0 saturated carbocycles. The Morgan fingerprint density at radius 3 is 1.60 bits per heavy atom. The fourth-order valence-electron chi connectivity index (χ4n) is 7.83. The third-order valence-corrected chi connectivity index (χ3v) is 10.9. The van der Waals surface area contributed by atoms with E-state index < -0.39 is 0 Å². The number of anilines is 1. The maximum Gasteiger partial charge on any atom is 0.257 e. The third kappa shape index (κ3) is 7.44. The highest BCUT2D eigenvalue weighted by Crippen LogP contribution is 2.46. The van der Waals surface area contributed by atoms with E-state index in [0.29, 0.717) is 67.5 Å². The van der Waals surface area contributed by atoms with Gasteiger partial charge in [0.2, 0.25) is 0 Å². The molecule has 4 heterocycles. The average molecular weight is 820 g/mol. The van der Waals surface area contributed by atoms with E-state index in [1.165, 1.54) is 0 Å². The highest BCUT2D eigenvalue weighted by Gasteiger charge is 2.32. The molecule has 0 unspecified atom stereocenters. The smallest absolute Gasteiger partial charge is 0.257 e. The zero-order chi connectivity index (χ0) is 42.9. The Morgan fingerprint density at radius 2 is 1.00 bits per heavy atom. The van der Waals surface area contributed by atoms with Crippen LogP contribution in [0.3, 0.4) is 0 Å². The highest BCUT2D eigenvalue weighted by molar-refractivity contribution is 6.51. The predicted octanol–water partition coefficient (Wildman–Crippen LogP) is 10.6. The molecule has 2 amide bonds. The first kappa shape index (κ1) is 38.5. The second kappa shape index (κ2) is 16.4. The molecule has 63 heavy (non-hydrogen) atoms. The van der Waals surface area contributed by atoms with Gasteiger partial charge < -0.3 is 15.6 Å². The number of aromatic nitrogens is 5. The number of carbonyl (C=O) groups is 2. The van der Waals surface area contributed by atoms with Gasteiger partial charge in [0.1, 0.15) is 17.5 Å². The Morgan fingerprint density at radius 1 is 0.508 bits per heavy atom. The summed E-state index contributed by atoms with van der Waals surface area (Å²) in [5.41, 5.74) is 10.5. The minimum absolute atomic E-state index is 0.256. The van der Waals surface area contributed by atoms with Crippen molar-refractivity contribution in [3.05, 3.63) is 204 Å². The Hall–Kier alpha value is -8.70. The van der Waals surface area contributed by atoms with Crippen LogP contribution in [0.25, 0.3) is 55.6 Å². The largest absolute Gasteiger partial charge is 0.325 e. The van der Waals surface area contributed by atoms with Crippen LogP contribution in [0.1, 0.15) is 43.1 Å². The van der Waals surface area contributed by atoms with Crippen molar-refractivity contribution in [3.8, 4) is 22.4 Å². The number of nitrogens with one attached hydrogen (secondary N) is 3. The molecule has 11 nitrogen and oxygen atoms in total. The number of carbonyl (C=O) groups excluding carboxylic acids is 2. The number of amidine groups is 2. The zero-order valence-corrected chi connectivity index (χ0v) is 34.2. The monoisotopic (exact) mass is 819 g/mol. The van der Waals surface area contributed by atoms with Gasteiger partial charge in [-0.25, -0.2) is 20.0 Å². The molecule has 1 aliphatic heterocycles. The van der Waals surface area contributed by atoms with Gasteiger partial charge in [-0.2, -0.15) is 0 Å². The van der Waals surface area contributed by atoms with Crippen LogP contribution in [0.2, 0.25) is 0 Å². The van der Waals surface area contributed by atoms with Gasteiger partial charge in [-0.15, -0.1) is 0 Å². The van der Waals surface area contributed by atoms with Crippen LogP contribution in [0.5, 0.6) is 0 Å². The predicted molar refractivity (Wildman–Crippen MR) is 250 cm³/mol. The summed E-state index contributed by atoms with van der Waals surface area (Å²) in [6, 6.07) is 49.6. The van der Waals surface area contributed by atoms with E-state index in [-0.39, 0.29) is 23.5 Å². The van der Waals surface area contributed by atoms with Gasteiger partial charge in [-0.05, 0) is 72.5 Å². The molecule has 9 aromatic rings. The highest BCUT2D eigenvalue weighted by atomic mass is 16.2. The standard InChI is InChI=1S/C52H37N9O2/c1-31-17-9-11-23-35(31)51(62)60-49-45(41-29-53-37-25-13-15-27-39(37)55-41)43(33-19-5-3-6-20-33)47(58-49)57-48-44(34-21-7-4-8-22-34)46(42-30-54-38-26-14-16-28-40(38)56-42)50(59-48)61-52(63)36-24-12-10-18-32(36)2/h3-30,58H,1-2H3,(H,60,62)(H,57,59,61,63). The van der Waals surface area contributed by atoms with Crippen LogP contribution < -0.4 is 10.6 Å². The number of rotatable bonds is 8. The zero-order valence-electron chi connectivity index (χ0n) is 34.2. The molecule has 0 bridgehead atoms. The molecule has 1 aliphatic rings. The number of benzene rings is 6. The molecule has 3 N–H and O–H groups in total. The van der Waals surface area contributed by atoms with Crippen molar-refractivity contribution in [1.29, 1.82) is 0 Å². The van der Waals surface area contributed by atoms with E-state index >= 15 is 0 Å². The number of aliphatic imine (C=N–C) groups is 2. The van der Waals surface area contributed by atoms with Gasteiger partial charge >= 0.3 is 0 Å². The summed E-state index contributed by atoms with van der Waals surface area (Å²) in [6.07, 6.45) is 3.40. The fraction of sp³-hybridized carbons (Fsp3) is 0.0385. The van der Waals surface area contributed by atoms with Crippen LogP contribution in [0.15, 0.2) is 180 Å². The lowest BCUT2D eigenvalue weighted by molar-refractivity contribution is 0.0975. The average Bonchev–Trinajstić information content (AvgIpc) is 3.86. The van der Waals surface area contributed by atoms with Crippen LogP contribution in [-0.2, 0) is 0 Å². The Labute approximate surface area is 362 Å².